The van der Waals surface area contributed by atoms with E-state index in [4.69, 9.17) is 0 Å². The van der Waals surface area contributed by atoms with Gasteiger partial charge >= 0.3 is 0 Å². The average Bonchev–Trinajstić information content (AvgIpc) is 3.02. The van der Waals surface area contributed by atoms with Crippen molar-refractivity contribution in [3.05, 3.63) is 28.4 Å². The van der Waals surface area contributed by atoms with Gasteiger partial charge in [-0.1, -0.05) is 12.8 Å². The number of pyridine rings is 1. The first kappa shape index (κ1) is 13.3. The van der Waals surface area contributed by atoms with Gasteiger partial charge in [0.2, 0.25) is 0 Å². The summed E-state index contributed by atoms with van der Waals surface area (Å²) in [6.07, 6.45) is 6.90. The fourth-order valence-electron chi connectivity index (χ4n) is 3.28. The lowest BCUT2D eigenvalue weighted by atomic mass is 10.2. The Kier molecular flexibility index (Phi) is 3.82. The van der Waals surface area contributed by atoms with Crippen molar-refractivity contribution in [2.45, 2.75) is 31.7 Å². The SMILES string of the molecule is O=[N+]([O-])c1ccnc(N2CCN(C3CCCC3)CC2)c1. The van der Waals surface area contributed by atoms with Gasteiger partial charge in [-0.2, -0.15) is 0 Å². The van der Waals surface area contributed by atoms with Crippen LogP contribution < -0.4 is 4.90 Å². The molecule has 1 aliphatic heterocycles. The fourth-order valence-corrected chi connectivity index (χ4v) is 3.28. The molecule has 0 aromatic carbocycles. The Labute approximate surface area is 118 Å². The Morgan fingerprint density at radius 3 is 2.55 bits per heavy atom. The van der Waals surface area contributed by atoms with Crippen molar-refractivity contribution in [3.8, 4) is 0 Å². The van der Waals surface area contributed by atoms with Crippen LogP contribution in [0.5, 0.6) is 0 Å². The summed E-state index contributed by atoms with van der Waals surface area (Å²) in [6.45, 7) is 3.89. The van der Waals surface area contributed by atoms with Crippen LogP contribution in [0.15, 0.2) is 18.3 Å². The Balaban J connectivity index is 1.62. The van der Waals surface area contributed by atoms with E-state index in [-0.39, 0.29) is 10.6 Å². The summed E-state index contributed by atoms with van der Waals surface area (Å²) in [5.74, 6) is 0.727. The molecule has 0 bridgehead atoms. The van der Waals surface area contributed by atoms with Crippen molar-refractivity contribution < 1.29 is 4.92 Å². The van der Waals surface area contributed by atoms with E-state index in [1.807, 2.05) is 0 Å². The van der Waals surface area contributed by atoms with E-state index >= 15 is 0 Å². The number of anilines is 1. The van der Waals surface area contributed by atoms with Gasteiger partial charge in [0.05, 0.1) is 11.0 Å². The third kappa shape index (κ3) is 2.75. The molecule has 1 aromatic heterocycles. The molecule has 1 saturated heterocycles. The summed E-state index contributed by atoms with van der Waals surface area (Å²) < 4.78 is 0. The lowest BCUT2D eigenvalue weighted by Crippen LogP contribution is -2.50. The molecule has 6 nitrogen and oxygen atoms in total. The number of piperazine rings is 1. The van der Waals surface area contributed by atoms with Gasteiger partial charge in [-0.25, -0.2) is 4.98 Å². The van der Waals surface area contributed by atoms with Crippen LogP contribution in [0.3, 0.4) is 0 Å². The lowest BCUT2D eigenvalue weighted by molar-refractivity contribution is -0.384. The van der Waals surface area contributed by atoms with E-state index in [1.54, 1.807) is 6.07 Å². The van der Waals surface area contributed by atoms with Gasteiger partial charge in [0, 0.05) is 44.5 Å². The number of hydrogen-bond acceptors (Lipinski definition) is 5. The molecule has 0 amide bonds. The van der Waals surface area contributed by atoms with Gasteiger partial charge in [0.25, 0.3) is 5.69 Å². The van der Waals surface area contributed by atoms with Gasteiger partial charge in [0.15, 0.2) is 0 Å². The molecule has 2 fully saturated rings. The van der Waals surface area contributed by atoms with Crippen LogP contribution >= 0.6 is 0 Å². The number of nitro groups is 1. The van der Waals surface area contributed by atoms with Crippen molar-refractivity contribution in [1.29, 1.82) is 0 Å². The molecule has 0 radical (unpaired) electrons. The molecule has 2 heterocycles. The molecule has 1 aromatic rings. The van der Waals surface area contributed by atoms with E-state index in [9.17, 15) is 10.1 Å². The molecular formula is C14H20N4O2. The van der Waals surface area contributed by atoms with Gasteiger partial charge < -0.3 is 4.90 Å². The van der Waals surface area contributed by atoms with E-state index in [0.717, 1.165) is 38.0 Å². The van der Waals surface area contributed by atoms with E-state index < -0.39 is 0 Å². The molecule has 108 valence electrons. The summed E-state index contributed by atoms with van der Waals surface area (Å²) in [5, 5.41) is 10.8. The first-order valence-corrected chi connectivity index (χ1v) is 7.33. The minimum absolute atomic E-state index is 0.119. The molecule has 0 atom stereocenters. The highest BCUT2D eigenvalue weighted by atomic mass is 16.6. The van der Waals surface area contributed by atoms with Crippen LogP contribution in [0.25, 0.3) is 0 Å². The maximum absolute atomic E-state index is 10.8. The number of rotatable bonds is 3. The first-order valence-electron chi connectivity index (χ1n) is 7.33. The Morgan fingerprint density at radius 2 is 1.90 bits per heavy atom. The second-order valence-corrected chi connectivity index (χ2v) is 5.59. The third-order valence-corrected chi connectivity index (χ3v) is 4.42. The Bertz CT molecular complexity index is 480. The van der Waals surface area contributed by atoms with Gasteiger partial charge in [-0.3, -0.25) is 15.0 Å². The first-order chi connectivity index (χ1) is 9.74. The van der Waals surface area contributed by atoms with E-state index in [1.165, 1.54) is 37.9 Å². The zero-order valence-corrected chi connectivity index (χ0v) is 11.6. The smallest absolute Gasteiger partial charge is 0.274 e. The van der Waals surface area contributed by atoms with Crippen molar-refractivity contribution >= 4 is 11.5 Å². The summed E-state index contributed by atoms with van der Waals surface area (Å²) in [5.41, 5.74) is 0.119. The third-order valence-electron chi connectivity index (χ3n) is 4.42. The molecule has 1 aliphatic carbocycles. The van der Waals surface area contributed by atoms with Gasteiger partial charge in [-0.05, 0) is 12.8 Å². The van der Waals surface area contributed by atoms with Crippen molar-refractivity contribution in [3.63, 3.8) is 0 Å². The zero-order chi connectivity index (χ0) is 13.9. The van der Waals surface area contributed by atoms with Crippen LogP contribution in [0.2, 0.25) is 0 Å². The Morgan fingerprint density at radius 1 is 1.20 bits per heavy atom. The Hall–Kier alpha value is -1.69. The summed E-state index contributed by atoms with van der Waals surface area (Å²) in [7, 11) is 0. The zero-order valence-electron chi connectivity index (χ0n) is 11.6. The quantitative estimate of drug-likeness (QED) is 0.624. The molecule has 2 aliphatic rings. The highest BCUT2D eigenvalue weighted by Gasteiger charge is 2.26. The molecule has 0 N–H and O–H groups in total. The molecule has 0 spiro atoms. The second kappa shape index (κ2) is 5.75. The number of nitrogens with zero attached hydrogens (tertiary/aromatic N) is 4. The standard InChI is InChI=1S/C14H20N4O2/c19-18(20)13-5-6-15-14(11-13)17-9-7-16(8-10-17)12-3-1-2-4-12/h5-6,11-12H,1-4,7-10H2. The molecule has 20 heavy (non-hydrogen) atoms. The minimum Gasteiger partial charge on any atom is -0.354 e. The minimum atomic E-state index is -0.361. The monoisotopic (exact) mass is 276 g/mol. The van der Waals surface area contributed by atoms with Crippen LogP contribution in [0.4, 0.5) is 11.5 Å². The molecular weight excluding hydrogens is 256 g/mol. The summed E-state index contributed by atoms with van der Waals surface area (Å²) >= 11 is 0. The van der Waals surface area contributed by atoms with Crippen LogP contribution in [-0.4, -0.2) is 47.0 Å². The van der Waals surface area contributed by atoms with Gasteiger partial charge in [-0.15, -0.1) is 0 Å². The maximum atomic E-state index is 10.8. The van der Waals surface area contributed by atoms with Crippen LogP contribution in [0, 0.1) is 10.1 Å². The van der Waals surface area contributed by atoms with Gasteiger partial charge in [0.1, 0.15) is 5.82 Å². The van der Waals surface area contributed by atoms with E-state index in [0.29, 0.717) is 0 Å². The second-order valence-electron chi connectivity index (χ2n) is 5.59. The normalized spacial score (nSPS) is 21.3. The highest BCUT2D eigenvalue weighted by molar-refractivity contribution is 5.47. The summed E-state index contributed by atoms with van der Waals surface area (Å²) in [4.78, 5) is 19.4. The van der Waals surface area contributed by atoms with Crippen LogP contribution in [-0.2, 0) is 0 Å². The summed E-state index contributed by atoms with van der Waals surface area (Å²) in [6, 6.07) is 3.78. The van der Waals surface area contributed by atoms with E-state index in [2.05, 4.69) is 14.8 Å². The molecule has 3 rings (SSSR count). The maximum Gasteiger partial charge on any atom is 0.274 e. The molecule has 1 saturated carbocycles. The average molecular weight is 276 g/mol. The van der Waals surface area contributed by atoms with Crippen molar-refractivity contribution in [2.24, 2.45) is 0 Å². The van der Waals surface area contributed by atoms with Crippen LogP contribution in [0.1, 0.15) is 25.7 Å². The fraction of sp³-hybridized carbons (Fsp3) is 0.643. The lowest BCUT2D eigenvalue weighted by Gasteiger charge is -2.38. The predicted molar refractivity (Wildman–Crippen MR) is 76.9 cm³/mol. The van der Waals surface area contributed by atoms with Crippen molar-refractivity contribution in [1.82, 2.24) is 9.88 Å². The predicted octanol–water partition coefficient (Wildman–Crippen LogP) is 2.05. The molecule has 6 heteroatoms. The highest BCUT2D eigenvalue weighted by Crippen LogP contribution is 2.25. The number of aromatic nitrogens is 1. The largest absolute Gasteiger partial charge is 0.354 e. The number of hydrogen-bond donors (Lipinski definition) is 0. The van der Waals surface area contributed by atoms with Crippen molar-refractivity contribution in [2.75, 3.05) is 31.1 Å². The molecule has 0 unspecified atom stereocenters. The topological polar surface area (TPSA) is 62.5 Å².